The van der Waals surface area contributed by atoms with Crippen LogP contribution in [-0.4, -0.2) is 29.9 Å². The molecule has 5 nitrogen and oxygen atoms in total. The van der Waals surface area contributed by atoms with E-state index in [1.54, 1.807) is 26.0 Å². The van der Waals surface area contributed by atoms with E-state index >= 15 is 0 Å². The lowest BCUT2D eigenvalue weighted by molar-refractivity contribution is -0.160. The maximum absolute atomic E-state index is 12.8. The van der Waals surface area contributed by atoms with E-state index in [1.807, 2.05) is 19.9 Å². The average molecular weight is 344 g/mol. The van der Waals surface area contributed by atoms with Crippen LogP contribution in [0.5, 0.6) is 0 Å². The topological polar surface area (TPSA) is 69.7 Å². The van der Waals surface area contributed by atoms with Crippen LogP contribution in [0.25, 0.3) is 0 Å². The number of carbonyl (C=O) groups excluding carboxylic acids is 3. The van der Waals surface area contributed by atoms with Crippen molar-refractivity contribution in [3.05, 3.63) is 36.0 Å². The summed E-state index contributed by atoms with van der Waals surface area (Å²) in [4.78, 5) is 37.3. The van der Waals surface area contributed by atoms with Gasteiger partial charge in [-0.1, -0.05) is 25.7 Å². The van der Waals surface area contributed by atoms with Gasteiger partial charge in [-0.15, -0.1) is 0 Å². The molecule has 1 aliphatic heterocycles. The summed E-state index contributed by atoms with van der Waals surface area (Å²) in [7, 11) is 0. The summed E-state index contributed by atoms with van der Waals surface area (Å²) in [5.74, 6) is -1.47. The third-order valence-corrected chi connectivity index (χ3v) is 6.13. The minimum absolute atomic E-state index is 0.0687. The molecule has 0 aromatic rings. The molecular formula is C20H24O5. The predicted octanol–water partition coefficient (Wildman–Crippen LogP) is 2.76. The number of rotatable bonds is 2. The van der Waals surface area contributed by atoms with Crippen LogP contribution in [0.1, 0.15) is 34.1 Å². The quantitative estimate of drug-likeness (QED) is 0.569. The Morgan fingerprint density at radius 3 is 2.76 bits per heavy atom. The second kappa shape index (κ2) is 5.97. The second-order valence-electron chi connectivity index (χ2n) is 7.54. The van der Waals surface area contributed by atoms with Gasteiger partial charge in [0.05, 0.1) is 11.3 Å². The zero-order valence-corrected chi connectivity index (χ0v) is 15.1. The highest BCUT2D eigenvalue weighted by molar-refractivity contribution is 5.99. The van der Waals surface area contributed by atoms with Crippen molar-refractivity contribution in [1.29, 1.82) is 0 Å². The number of ether oxygens (including phenoxy) is 2. The summed E-state index contributed by atoms with van der Waals surface area (Å²) >= 11 is 0. The molecule has 0 radical (unpaired) electrons. The van der Waals surface area contributed by atoms with Gasteiger partial charge in [0, 0.05) is 11.1 Å². The monoisotopic (exact) mass is 344 g/mol. The van der Waals surface area contributed by atoms with Gasteiger partial charge in [-0.2, -0.15) is 0 Å². The molecule has 1 heterocycles. The summed E-state index contributed by atoms with van der Waals surface area (Å²) < 4.78 is 11.3. The molecule has 6 atom stereocenters. The lowest BCUT2D eigenvalue weighted by atomic mass is 9.67. The van der Waals surface area contributed by atoms with Gasteiger partial charge < -0.3 is 9.47 Å². The van der Waals surface area contributed by atoms with Crippen molar-refractivity contribution in [1.82, 2.24) is 0 Å². The van der Waals surface area contributed by atoms with Gasteiger partial charge in [-0.25, -0.2) is 9.59 Å². The summed E-state index contributed by atoms with van der Waals surface area (Å²) in [6.45, 7) is 11.2. The van der Waals surface area contributed by atoms with Gasteiger partial charge in [0.15, 0.2) is 5.78 Å². The van der Waals surface area contributed by atoms with Gasteiger partial charge in [0.2, 0.25) is 0 Å². The smallest absolute Gasteiger partial charge is 0.334 e. The first-order valence-electron chi connectivity index (χ1n) is 8.68. The average Bonchev–Trinajstić information content (AvgIpc) is 2.99. The van der Waals surface area contributed by atoms with Gasteiger partial charge in [0.1, 0.15) is 12.2 Å². The molecule has 3 rings (SSSR count). The van der Waals surface area contributed by atoms with Crippen LogP contribution in [-0.2, 0) is 23.9 Å². The van der Waals surface area contributed by atoms with Crippen molar-refractivity contribution in [2.75, 3.05) is 0 Å². The Balaban J connectivity index is 2.09. The van der Waals surface area contributed by atoms with Crippen molar-refractivity contribution in [2.45, 2.75) is 46.3 Å². The molecule has 134 valence electrons. The number of hydrogen-bond acceptors (Lipinski definition) is 5. The highest BCUT2D eigenvalue weighted by Gasteiger charge is 2.62. The third-order valence-electron chi connectivity index (χ3n) is 6.13. The van der Waals surface area contributed by atoms with E-state index in [2.05, 4.69) is 6.58 Å². The Morgan fingerprint density at radius 2 is 2.12 bits per heavy atom. The van der Waals surface area contributed by atoms with Crippen LogP contribution in [0, 0.1) is 23.2 Å². The van der Waals surface area contributed by atoms with Crippen LogP contribution in [0.15, 0.2) is 36.0 Å². The lowest BCUT2D eigenvalue weighted by Gasteiger charge is -2.39. The fourth-order valence-electron chi connectivity index (χ4n) is 4.47. The minimum atomic E-state index is -0.917. The SMILES string of the molecule is C=C1C(=O)O[C@@H]2C[C@@H](C)[C@@H]3C=CC(=O)[C@@]3(C)[C@@H](OC(=O)C(C)=CC)[C@H]12. The maximum atomic E-state index is 12.8. The molecule has 2 fully saturated rings. The van der Waals surface area contributed by atoms with E-state index in [1.165, 1.54) is 0 Å². The molecule has 1 saturated carbocycles. The first-order chi connectivity index (χ1) is 11.7. The maximum Gasteiger partial charge on any atom is 0.334 e. The molecule has 0 N–H and O–H groups in total. The predicted molar refractivity (Wildman–Crippen MR) is 91.3 cm³/mol. The van der Waals surface area contributed by atoms with Gasteiger partial charge >= 0.3 is 11.9 Å². The highest BCUT2D eigenvalue weighted by Crippen LogP contribution is 2.54. The Hall–Kier alpha value is -2.17. The molecule has 0 aromatic heterocycles. The molecule has 0 aromatic carbocycles. The molecule has 5 heteroatoms. The van der Waals surface area contributed by atoms with E-state index in [0.717, 1.165) is 0 Å². The van der Waals surface area contributed by atoms with Crippen molar-refractivity contribution >= 4 is 17.7 Å². The molecule has 0 spiro atoms. The number of ketones is 1. The van der Waals surface area contributed by atoms with Crippen molar-refractivity contribution < 1.29 is 23.9 Å². The van der Waals surface area contributed by atoms with Crippen LogP contribution >= 0.6 is 0 Å². The lowest BCUT2D eigenvalue weighted by Crippen LogP contribution is -2.49. The molecular weight excluding hydrogens is 320 g/mol. The molecule has 0 unspecified atom stereocenters. The van der Waals surface area contributed by atoms with Crippen molar-refractivity contribution in [3.8, 4) is 0 Å². The normalized spacial score (nSPS) is 40.4. The summed E-state index contributed by atoms with van der Waals surface area (Å²) in [6, 6.07) is 0. The third kappa shape index (κ3) is 2.48. The minimum Gasteiger partial charge on any atom is -0.458 e. The zero-order valence-electron chi connectivity index (χ0n) is 15.1. The first-order valence-corrected chi connectivity index (χ1v) is 8.68. The van der Waals surface area contributed by atoms with Crippen molar-refractivity contribution in [3.63, 3.8) is 0 Å². The van der Waals surface area contributed by atoms with Crippen LogP contribution in [0.2, 0.25) is 0 Å². The van der Waals surface area contributed by atoms with Gasteiger partial charge in [-0.05, 0) is 45.1 Å². The van der Waals surface area contributed by atoms with E-state index in [9.17, 15) is 14.4 Å². The summed E-state index contributed by atoms with van der Waals surface area (Å²) in [5, 5.41) is 0. The second-order valence-corrected chi connectivity index (χ2v) is 7.54. The molecule has 3 aliphatic rings. The molecule has 25 heavy (non-hydrogen) atoms. The Bertz CT molecular complexity index is 716. The fraction of sp³-hybridized carbons (Fsp3) is 0.550. The van der Waals surface area contributed by atoms with E-state index in [0.29, 0.717) is 12.0 Å². The fourth-order valence-corrected chi connectivity index (χ4v) is 4.47. The van der Waals surface area contributed by atoms with Crippen molar-refractivity contribution in [2.24, 2.45) is 23.2 Å². The largest absolute Gasteiger partial charge is 0.458 e. The zero-order chi connectivity index (χ0) is 18.5. The number of allylic oxidation sites excluding steroid dienone is 3. The van der Waals surface area contributed by atoms with Gasteiger partial charge in [0.25, 0.3) is 0 Å². The molecule has 2 aliphatic carbocycles. The van der Waals surface area contributed by atoms with Crippen LogP contribution in [0.3, 0.4) is 0 Å². The Kier molecular flexibility index (Phi) is 4.21. The standard InChI is InChI=1S/C20H24O5/c1-6-10(2)18(22)25-17-16-12(4)19(23)24-14(16)9-11(3)13-7-8-15(21)20(13,17)5/h6-8,11,13-14,16-17H,4,9H2,1-3,5H3/t11-,13+,14-,16-,17+,20+/m1/s1. The summed E-state index contributed by atoms with van der Waals surface area (Å²) in [6.07, 6.45) is 4.56. The Labute approximate surface area is 147 Å². The van der Waals surface area contributed by atoms with E-state index < -0.39 is 35.5 Å². The number of esters is 2. The Morgan fingerprint density at radius 1 is 1.44 bits per heavy atom. The summed E-state index contributed by atoms with van der Waals surface area (Å²) in [5.41, 5.74) is -0.169. The highest BCUT2D eigenvalue weighted by atomic mass is 16.6. The van der Waals surface area contributed by atoms with E-state index in [4.69, 9.17) is 9.47 Å². The number of fused-ring (bicyclic) bond motifs is 2. The number of carbonyl (C=O) groups is 3. The van der Waals surface area contributed by atoms with Gasteiger partial charge in [-0.3, -0.25) is 4.79 Å². The molecule has 0 amide bonds. The van der Waals surface area contributed by atoms with Crippen LogP contribution < -0.4 is 0 Å². The number of hydrogen-bond donors (Lipinski definition) is 0. The molecule has 0 bridgehead atoms. The van der Waals surface area contributed by atoms with Crippen LogP contribution in [0.4, 0.5) is 0 Å². The first kappa shape index (κ1) is 17.6. The molecule has 1 saturated heterocycles. The van der Waals surface area contributed by atoms with E-state index in [-0.39, 0.29) is 23.2 Å².